The summed E-state index contributed by atoms with van der Waals surface area (Å²) in [5, 5.41) is 36.2. The zero-order valence-electron chi connectivity index (χ0n) is 19.9. The lowest BCUT2D eigenvalue weighted by Crippen LogP contribution is -2.71. The number of nitrogens with zero attached hydrogens (tertiary/aromatic N) is 4. The van der Waals surface area contributed by atoms with Crippen molar-refractivity contribution in [3.8, 4) is 5.75 Å². The Morgan fingerprint density at radius 1 is 1.44 bits per heavy atom. The summed E-state index contributed by atoms with van der Waals surface area (Å²) in [6.07, 6.45) is 1.43. The maximum atomic E-state index is 13.1. The summed E-state index contributed by atoms with van der Waals surface area (Å²) >= 11 is 8.13. The zero-order chi connectivity index (χ0) is 28.6. The van der Waals surface area contributed by atoms with Crippen LogP contribution >= 0.6 is 34.7 Å². The minimum absolute atomic E-state index is 0.000859. The van der Waals surface area contributed by atoms with Crippen molar-refractivity contribution in [1.29, 1.82) is 0 Å². The molecule has 0 bridgehead atoms. The van der Waals surface area contributed by atoms with Crippen LogP contribution < -0.4 is 26.5 Å². The summed E-state index contributed by atoms with van der Waals surface area (Å²) < 4.78 is 1.47. The number of carboxylic acids is 2. The quantitative estimate of drug-likeness (QED) is 0.0936. The third-order valence-corrected chi connectivity index (χ3v) is 8.04. The summed E-state index contributed by atoms with van der Waals surface area (Å²) in [6.45, 7) is 1.21. The Balaban J connectivity index is 1.56. The van der Waals surface area contributed by atoms with Gasteiger partial charge < -0.3 is 41.7 Å². The molecule has 1 saturated heterocycles. The molecule has 0 aliphatic carbocycles. The van der Waals surface area contributed by atoms with Crippen molar-refractivity contribution in [3.63, 3.8) is 0 Å². The van der Waals surface area contributed by atoms with Gasteiger partial charge in [0.2, 0.25) is 18.1 Å². The third-order valence-electron chi connectivity index (χ3n) is 5.62. The SMILES string of the molecule is C[C@H](O/N=C(\C(=O)NC1C(=O)N2C(C(=O)[O-])=C(C[n+]3ccc(N)c(O)c3)CSC12)c1nc(N)sc1Cl)C(=O)O. The fourth-order valence-electron chi connectivity index (χ4n) is 3.69. The van der Waals surface area contributed by atoms with Crippen molar-refractivity contribution in [1.82, 2.24) is 15.2 Å². The molecule has 2 unspecified atom stereocenters. The number of aliphatic carboxylic acids is 2. The smallest absolute Gasteiger partial charge is 0.347 e. The van der Waals surface area contributed by atoms with Gasteiger partial charge in [0.25, 0.3) is 11.8 Å². The Morgan fingerprint density at radius 2 is 2.15 bits per heavy atom. The van der Waals surface area contributed by atoms with Crippen molar-refractivity contribution in [2.75, 3.05) is 17.2 Å². The van der Waals surface area contributed by atoms with E-state index in [-0.39, 0.29) is 44.6 Å². The number of amides is 2. The topological polar surface area (TPSA) is 237 Å². The van der Waals surface area contributed by atoms with Crippen LogP contribution in [0.5, 0.6) is 5.75 Å². The van der Waals surface area contributed by atoms with E-state index in [1.807, 2.05) is 0 Å². The van der Waals surface area contributed by atoms with Crippen LogP contribution in [0.2, 0.25) is 4.34 Å². The molecule has 0 saturated carbocycles. The molecule has 0 radical (unpaired) electrons. The lowest BCUT2D eigenvalue weighted by molar-refractivity contribution is -0.689. The van der Waals surface area contributed by atoms with E-state index >= 15 is 0 Å². The van der Waals surface area contributed by atoms with Gasteiger partial charge in [0.15, 0.2) is 23.6 Å². The second-order valence-electron chi connectivity index (χ2n) is 8.26. The van der Waals surface area contributed by atoms with Gasteiger partial charge in [0.05, 0.1) is 17.4 Å². The minimum atomic E-state index is -1.59. The molecule has 3 atom stereocenters. The summed E-state index contributed by atoms with van der Waals surface area (Å²) in [5.74, 6) is -4.68. The van der Waals surface area contributed by atoms with Crippen molar-refractivity contribution < 1.29 is 43.9 Å². The maximum Gasteiger partial charge on any atom is 0.347 e. The minimum Gasteiger partial charge on any atom is -0.543 e. The lowest BCUT2D eigenvalue weighted by atomic mass is 10.0. The monoisotopic (exact) mass is 597 g/mol. The number of anilines is 2. The third kappa shape index (κ3) is 5.55. The Morgan fingerprint density at radius 3 is 2.74 bits per heavy atom. The fourth-order valence-corrected chi connectivity index (χ4v) is 5.95. The van der Waals surface area contributed by atoms with Gasteiger partial charge in [-0.1, -0.05) is 28.1 Å². The number of aromatic hydroxyl groups is 1. The highest BCUT2D eigenvalue weighted by atomic mass is 35.5. The molecular formula is C21H20ClN7O8S2. The highest BCUT2D eigenvalue weighted by molar-refractivity contribution is 8.00. The van der Waals surface area contributed by atoms with E-state index in [1.54, 1.807) is 0 Å². The molecule has 2 aliphatic heterocycles. The number of rotatable bonds is 9. The van der Waals surface area contributed by atoms with Crippen LogP contribution in [-0.2, 0) is 30.6 Å². The molecule has 206 valence electrons. The van der Waals surface area contributed by atoms with Crippen molar-refractivity contribution >= 4 is 75.0 Å². The van der Waals surface area contributed by atoms with Gasteiger partial charge in [-0.3, -0.25) is 14.5 Å². The number of thiazole rings is 1. The molecule has 2 aliphatic rings. The number of fused-ring (bicyclic) bond motifs is 1. The molecule has 0 aromatic carbocycles. The van der Waals surface area contributed by atoms with Crippen LogP contribution in [-0.4, -0.2) is 72.8 Å². The number of hydrogen-bond donors (Lipinski definition) is 5. The molecule has 2 aromatic rings. The molecule has 4 heterocycles. The number of aromatic nitrogens is 2. The van der Waals surface area contributed by atoms with E-state index in [0.717, 1.165) is 16.2 Å². The van der Waals surface area contributed by atoms with Crippen LogP contribution in [0.15, 0.2) is 34.9 Å². The molecule has 2 aromatic heterocycles. The predicted molar refractivity (Wildman–Crippen MR) is 136 cm³/mol. The molecule has 39 heavy (non-hydrogen) atoms. The summed E-state index contributed by atoms with van der Waals surface area (Å²) in [7, 11) is 0. The van der Waals surface area contributed by atoms with Crippen LogP contribution in [0, 0.1) is 0 Å². The van der Waals surface area contributed by atoms with E-state index in [4.69, 9.17) is 33.0 Å². The van der Waals surface area contributed by atoms with Crippen molar-refractivity contribution in [3.05, 3.63) is 39.8 Å². The molecular weight excluding hydrogens is 578 g/mol. The highest BCUT2D eigenvalue weighted by Gasteiger charge is 2.53. The lowest BCUT2D eigenvalue weighted by Gasteiger charge is -2.50. The second-order valence-corrected chi connectivity index (χ2v) is 11.0. The Kier molecular flexibility index (Phi) is 7.84. The number of pyridine rings is 1. The van der Waals surface area contributed by atoms with Gasteiger partial charge in [-0.15, -0.1) is 11.8 Å². The standard InChI is InChI=1S/C21H20ClN7O8S2/c1-7(19(33)34)37-27-12(11-15(22)39-21(24)26-11)16(31)25-13-17(32)29-14(20(35)36)8(6-38-18(13)29)4-28-3-2-9(23)10(30)5-28/h2-3,5,7,13,18,23H,4,6H2,1H3,(H6,24,25,26,30,31,33,34,35,36)/b27-12-/t7-,13?,18?/m0/s1. The largest absolute Gasteiger partial charge is 0.543 e. The van der Waals surface area contributed by atoms with Crippen LogP contribution in [0.4, 0.5) is 10.8 Å². The number of carboxylic acid groups (broad SMARTS) is 2. The van der Waals surface area contributed by atoms with Gasteiger partial charge in [0, 0.05) is 17.4 Å². The zero-order valence-corrected chi connectivity index (χ0v) is 22.2. The number of carbonyl (C=O) groups is 4. The van der Waals surface area contributed by atoms with Gasteiger partial charge in [-0.05, 0) is 6.92 Å². The van der Waals surface area contributed by atoms with Crippen LogP contribution in [0.25, 0.3) is 0 Å². The van der Waals surface area contributed by atoms with E-state index in [1.165, 1.54) is 41.7 Å². The van der Waals surface area contributed by atoms with E-state index in [9.17, 15) is 29.4 Å². The average Bonchev–Trinajstić information content (AvgIpc) is 3.21. The first-order valence-electron chi connectivity index (χ1n) is 10.9. The Bertz CT molecular complexity index is 1450. The molecule has 4 rings (SSSR count). The fraction of sp³-hybridized carbons (Fsp3) is 0.286. The number of thioether (sulfide) groups is 1. The number of β-lactam (4-membered cyclic amide) rings is 1. The van der Waals surface area contributed by atoms with Gasteiger partial charge >= 0.3 is 5.97 Å². The first-order chi connectivity index (χ1) is 18.4. The number of nitrogens with one attached hydrogen (secondary N) is 1. The first-order valence-corrected chi connectivity index (χ1v) is 13.2. The number of hydrogen-bond acceptors (Lipinski definition) is 13. The number of oxime groups is 1. The Labute approximate surface area is 232 Å². The molecule has 0 spiro atoms. The molecule has 15 nitrogen and oxygen atoms in total. The van der Waals surface area contributed by atoms with E-state index in [2.05, 4.69) is 15.5 Å². The van der Waals surface area contributed by atoms with Gasteiger partial charge in [-0.25, -0.2) is 9.78 Å². The van der Waals surface area contributed by atoms with E-state index < -0.39 is 47.0 Å². The van der Waals surface area contributed by atoms with Crippen molar-refractivity contribution in [2.24, 2.45) is 5.16 Å². The van der Waals surface area contributed by atoms with Crippen molar-refractivity contribution in [2.45, 2.75) is 31.0 Å². The molecule has 7 N–H and O–H groups in total. The number of nitrogens with two attached hydrogens (primary N) is 2. The highest BCUT2D eigenvalue weighted by Crippen LogP contribution is 2.40. The number of halogens is 1. The molecule has 1 fully saturated rings. The van der Waals surface area contributed by atoms with Gasteiger partial charge in [-0.2, -0.15) is 4.57 Å². The summed E-state index contributed by atoms with van der Waals surface area (Å²) in [6, 6.07) is 0.277. The first kappa shape index (κ1) is 27.9. The summed E-state index contributed by atoms with van der Waals surface area (Å²) in [4.78, 5) is 59.1. The van der Waals surface area contributed by atoms with E-state index in [0.29, 0.717) is 5.57 Å². The van der Waals surface area contributed by atoms with Gasteiger partial charge in [0.1, 0.15) is 21.4 Å². The number of nitrogen functional groups attached to an aromatic ring is 2. The second kappa shape index (κ2) is 11.0. The average molecular weight is 598 g/mol. The van der Waals surface area contributed by atoms with Crippen LogP contribution in [0.1, 0.15) is 12.6 Å². The Hall–Kier alpha value is -4.09. The summed E-state index contributed by atoms with van der Waals surface area (Å²) in [5.41, 5.74) is 10.7. The predicted octanol–water partition coefficient (Wildman–Crippen LogP) is -1.75. The molecule has 2 amide bonds. The maximum absolute atomic E-state index is 13.1. The normalized spacial score (nSPS) is 19.7. The van der Waals surface area contributed by atoms with Crippen LogP contribution in [0.3, 0.4) is 0 Å². The number of carbonyl (C=O) groups excluding carboxylic acids is 3. The molecule has 18 heteroatoms.